The summed E-state index contributed by atoms with van der Waals surface area (Å²) in [6, 6.07) is 4.34. The van der Waals surface area contributed by atoms with Gasteiger partial charge in [-0.15, -0.1) is 17.0 Å². The molecule has 23 heavy (non-hydrogen) atoms. The van der Waals surface area contributed by atoms with E-state index in [4.69, 9.17) is 0 Å². The SMILES string of the molecule is Br.Cc1cc(CN2CCCCC2)c(O)c(CN2CCCCC2)c1. The van der Waals surface area contributed by atoms with Crippen LogP contribution in [0.25, 0.3) is 0 Å². The smallest absolute Gasteiger partial charge is 0.124 e. The minimum Gasteiger partial charge on any atom is -0.507 e. The van der Waals surface area contributed by atoms with Gasteiger partial charge in [0.25, 0.3) is 0 Å². The summed E-state index contributed by atoms with van der Waals surface area (Å²) >= 11 is 0. The van der Waals surface area contributed by atoms with E-state index in [2.05, 4.69) is 28.9 Å². The molecule has 0 amide bonds. The highest BCUT2D eigenvalue weighted by molar-refractivity contribution is 8.93. The Balaban J connectivity index is 0.00000192. The van der Waals surface area contributed by atoms with Gasteiger partial charge in [-0.05, 0) is 58.8 Å². The van der Waals surface area contributed by atoms with Crippen molar-refractivity contribution in [3.63, 3.8) is 0 Å². The van der Waals surface area contributed by atoms with E-state index in [1.807, 2.05) is 0 Å². The maximum Gasteiger partial charge on any atom is 0.124 e. The largest absolute Gasteiger partial charge is 0.507 e. The monoisotopic (exact) mass is 382 g/mol. The van der Waals surface area contributed by atoms with Gasteiger partial charge in [-0.1, -0.05) is 30.5 Å². The summed E-state index contributed by atoms with van der Waals surface area (Å²) < 4.78 is 0. The van der Waals surface area contributed by atoms with E-state index in [9.17, 15) is 5.11 Å². The number of phenolic OH excluding ortho intramolecular Hbond substituents is 1. The number of hydrogen-bond donors (Lipinski definition) is 1. The van der Waals surface area contributed by atoms with Crippen LogP contribution in [0.4, 0.5) is 0 Å². The third kappa shape index (κ3) is 5.20. The molecule has 2 fully saturated rings. The summed E-state index contributed by atoms with van der Waals surface area (Å²) in [4.78, 5) is 4.98. The molecule has 2 heterocycles. The van der Waals surface area contributed by atoms with Crippen molar-refractivity contribution in [2.75, 3.05) is 26.2 Å². The van der Waals surface area contributed by atoms with E-state index >= 15 is 0 Å². The maximum absolute atomic E-state index is 10.7. The molecule has 0 unspecified atom stereocenters. The number of halogens is 1. The Morgan fingerprint density at radius 1 is 0.783 bits per heavy atom. The number of benzene rings is 1. The second-order valence-electron chi connectivity index (χ2n) is 7.11. The molecule has 2 aliphatic heterocycles. The number of likely N-dealkylation sites (tertiary alicyclic amines) is 2. The standard InChI is InChI=1S/C19H30N2O.BrH/c1-16-12-17(14-20-8-4-2-5-9-20)19(22)18(13-16)15-21-10-6-3-7-11-21;/h12-13,22H,2-11,14-15H2,1H3;1H. The van der Waals surface area contributed by atoms with Crippen molar-refractivity contribution in [1.29, 1.82) is 0 Å². The average molecular weight is 383 g/mol. The van der Waals surface area contributed by atoms with E-state index in [-0.39, 0.29) is 17.0 Å². The number of phenols is 1. The zero-order valence-electron chi connectivity index (χ0n) is 14.4. The highest BCUT2D eigenvalue weighted by Gasteiger charge is 2.17. The normalized spacial score (nSPS) is 20.2. The summed E-state index contributed by atoms with van der Waals surface area (Å²) in [5.41, 5.74) is 3.51. The Kier molecular flexibility index (Phi) is 7.38. The number of aromatic hydroxyl groups is 1. The minimum atomic E-state index is 0. The first-order chi connectivity index (χ1) is 10.7. The van der Waals surface area contributed by atoms with Gasteiger partial charge in [-0.2, -0.15) is 0 Å². The summed E-state index contributed by atoms with van der Waals surface area (Å²) in [5.74, 6) is 0.543. The first-order valence-corrected chi connectivity index (χ1v) is 8.98. The predicted octanol–water partition coefficient (Wildman–Crippen LogP) is 4.25. The molecule has 1 N–H and O–H groups in total. The second-order valence-corrected chi connectivity index (χ2v) is 7.11. The molecule has 0 aliphatic carbocycles. The van der Waals surface area contributed by atoms with Crippen LogP contribution in [0.15, 0.2) is 12.1 Å². The van der Waals surface area contributed by atoms with Crippen molar-refractivity contribution in [3.8, 4) is 5.75 Å². The molecule has 0 radical (unpaired) electrons. The molecule has 2 saturated heterocycles. The van der Waals surface area contributed by atoms with Crippen LogP contribution in [0.2, 0.25) is 0 Å². The third-order valence-electron chi connectivity index (χ3n) is 5.10. The fraction of sp³-hybridized carbons (Fsp3) is 0.684. The van der Waals surface area contributed by atoms with Crippen molar-refractivity contribution in [1.82, 2.24) is 9.80 Å². The van der Waals surface area contributed by atoms with Crippen LogP contribution in [-0.2, 0) is 13.1 Å². The van der Waals surface area contributed by atoms with Crippen molar-refractivity contribution in [2.45, 2.75) is 58.5 Å². The third-order valence-corrected chi connectivity index (χ3v) is 5.10. The van der Waals surface area contributed by atoms with Crippen LogP contribution in [0.1, 0.15) is 55.2 Å². The zero-order valence-corrected chi connectivity index (χ0v) is 16.1. The molecule has 0 spiro atoms. The Labute approximate surface area is 151 Å². The molecule has 2 aliphatic rings. The van der Waals surface area contributed by atoms with Gasteiger partial charge in [0.1, 0.15) is 5.75 Å². The average Bonchev–Trinajstić information content (AvgIpc) is 2.54. The second kappa shape index (κ2) is 9.05. The molecule has 1 aromatic rings. The highest BCUT2D eigenvalue weighted by Crippen LogP contribution is 2.28. The number of piperidine rings is 2. The number of aryl methyl sites for hydroxylation is 1. The van der Waals surface area contributed by atoms with Crippen LogP contribution < -0.4 is 0 Å². The lowest BCUT2D eigenvalue weighted by Gasteiger charge is -2.29. The van der Waals surface area contributed by atoms with Crippen LogP contribution in [0, 0.1) is 6.92 Å². The van der Waals surface area contributed by atoms with E-state index in [0.717, 1.165) is 24.2 Å². The summed E-state index contributed by atoms with van der Waals surface area (Å²) in [6.45, 7) is 8.66. The van der Waals surface area contributed by atoms with Gasteiger partial charge in [0, 0.05) is 24.2 Å². The summed E-state index contributed by atoms with van der Waals surface area (Å²) in [7, 11) is 0. The van der Waals surface area contributed by atoms with Crippen molar-refractivity contribution >= 4 is 17.0 Å². The van der Waals surface area contributed by atoms with Crippen LogP contribution >= 0.6 is 17.0 Å². The van der Waals surface area contributed by atoms with Gasteiger partial charge in [-0.3, -0.25) is 9.80 Å². The van der Waals surface area contributed by atoms with Crippen molar-refractivity contribution in [3.05, 3.63) is 28.8 Å². The Hall–Kier alpha value is -0.580. The molecule has 130 valence electrons. The first kappa shape index (κ1) is 18.8. The molecule has 0 aromatic heterocycles. The van der Waals surface area contributed by atoms with Crippen LogP contribution in [-0.4, -0.2) is 41.1 Å². The molecule has 0 atom stereocenters. The van der Waals surface area contributed by atoms with Gasteiger partial charge in [-0.25, -0.2) is 0 Å². The Morgan fingerprint density at radius 2 is 1.17 bits per heavy atom. The van der Waals surface area contributed by atoms with Gasteiger partial charge in [0.15, 0.2) is 0 Å². The van der Waals surface area contributed by atoms with Gasteiger partial charge < -0.3 is 5.11 Å². The predicted molar refractivity (Wildman–Crippen MR) is 101 cm³/mol. The number of nitrogens with zero attached hydrogens (tertiary/aromatic N) is 2. The van der Waals surface area contributed by atoms with E-state index < -0.39 is 0 Å². The van der Waals surface area contributed by atoms with Crippen LogP contribution in [0.3, 0.4) is 0 Å². The zero-order chi connectivity index (χ0) is 15.4. The topological polar surface area (TPSA) is 26.7 Å². The number of rotatable bonds is 4. The molecule has 3 nitrogen and oxygen atoms in total. The Morgan fingerprint density at radius 3 is 1.57 bits per heavy atom. The molecule has 0 saturated carbocycles. The molecular weight excluding hydrogens is 352 g/mol. The molecule has 1 aromatic carbocycles. The fourth-order valence-electron chi connectivity index (χ4n) is 3.89. The van der Waals surface area contributed by atoms with E-state index in [0.29, 0.717) is 5.75 Å². The minimum absolute atomic E-state index is 0. The molecule has 0 bridgehead atoms. The molecule has 3 rings (SSSR count). The summed E-state index contributed by atoms with van der Waals surface area (Å²) in [6.07, 6.45) is 7.91. The van der Waals surface area contributed by atoms with Crippen molar-refractivity contribution < 1.29 is 5.11 Å². The van der Waals surface area contributed by atoms with Gasteiger partial charge in [0.2, 0.25) is 0 Å². The number of hydrogen-bond acceptors (Lipinski definition) is 3. The lowest BCUT2D eigenvalue weighted by atomic mass is 10.0. The van der Waals surface area contributed by atoms with E-state index in [1.165, 1.54) is 70.3 Å². The highest BCUT2D eigenvalue weighted by atomic mass is 79.9. The lowest BCUT2D eigenvalue weighted by Crippen LogP contribution is -2.30. The first-order valence-electron chi connectivity index (χ1n) is 8.98. The summed E-state index contributed by atoms with van der Waals surface area (Å²) in [5, 5.41) is 10.7. The maximum atomic E-state index is 10.7. The van der Waals surface area contributed by atoms with Crippen molar-refractivity contribution in [2.24, 2.45) is 0 Å². The Bertz CT molecular complexity index is 453. The molecular formula is C19H31BrN2O. The quantitative estimate of drug-likeness (QED) is 0.842. The fourth-order valence-corrected chi connectivity index (χ4v) is 3.89. The van der Waals surface area contributed by atoms with Crippen LogP contribution in [0.5, 0.6) is 5.75 Å². The lowest BCUT2D eigenvalue weighted by molar-refractivity contribution is 0.213. The van der Waals surface area contributed by atoms with E-state index in [1.54, 1.807) is 0 Å². The van der Waals surface area contributed by atoms with Gasteiger partial charge >= 0.3 is 0 Å². The molecule has 4 heteroatoms. The van der Waals surface area contributed by atoms with Gasteiger partial charge in [0.05, 0.1) is 0 Å².